The zero-order chi connectivity index (χ0) is 18.6. The van der Waals surface area contributed by atoms with Crippen LogP contribution in [0, 0.1) is 5.82 Å². The van der Waals surface area contributed by atoms with Crippen LogP contribution < -0.4 is 10.0 Å². The van der Waals surface area contributed by atoms with Crippen LogP contribution in [-0.4, -0.2) is 20.4 Å². The third-order valence-electron chi connectivity index (χ3n) is 3.58. The fourth-order valence-corrected chi connectivity index (χ4v) is 3.47. The van der Waals surface area contributed by atoms with Crippen molar-refractivity contribution in [1.82, 2.24) is 10.0 Å². The summed E-state index contributed by atoms with van der Waals surface area (Å²) in [4.78, 5) is 12.2. The summed E-state index contributed by atoms with van der Waals surface area (Å²) < 4.78 is 39.8. The smallest absolute Gasteiger partial charge is 0.241 e. The van der Waals surface area contributed by atoms with Crippen LogP contribution in [0.15, 0.2) is 53.4 Å². The Morgan fingerprint density at radius 3 is 2.16 bits per heavy atom. The van der Waals surface area contributed by atoms with E-state index in [1.165, 1.54) is 43.3 Å². The Labute approximate surface area is 151 Å². The molecule has 134 valence electrons. The lowest BCUT2D eigenvalue weighted by Gasteiger charge is -2.19. The van der Waals surface area contributed by atoms with Crippen molar-refractivity contribution in [3.8, 4) is 0 Å². The van der Waals surface area contributed by atoms with Crippen molar-refractivity contribution in [2.75, 3.05) is 0 Å². The summed E-state index contributed by atoms with van der Waals surface area (Å²) >= 11 is 5.74. The Balaban J connectivity index is 2.01. The van der Waals surface area contributed by atoms with Gasteiger partial charge in [-0.25, -0.2) is 12.8 Å². The highest BCUT2D eigenvalue weighted by Crippen LogP contribution is 2.15. The van der Waals surface area contributed by atoms with Gasteiger partial charge in [0.25, 0.3) is 0 Å². The van der Waals surface area contributed by atoms with Gasteiger partial charge in [-0.15, -0.1) is 0 Å². The Morgan fingerprint density at radius 2 is 1.60 bits per heavy atom. The first-order valence-corrected chi connectivity index (χ1v) is 9.39. The first-order chi connectivity index (χ1) is 11.7. The SMILES string of the molecule is C[C@H](NS(=O)(=O)c1ccc(Cl)cc1)C(=O)N[C@@H](C)c1ccc(F)cc1. The summed E-state index contributed by atoms with van der Waals surface area (Å²) in [6.07, 6.45) is 0. The molecular weight excluding hydrogens is 367 g/mol. The molecule has 0 saturated heterocycles. The van der Waals surface area contributed by atoms with Gasteiger partial charge in [-0.3, -0.25) is 4.79 Å². The molecule has 2 aromatic carbocycles. The van der Waals surface area contributed by atoms with Gasteiger partial charge in [0.05, 0.1) is 17.0 Å². The molecular formula is C17H18ClFN2O3S. The highest BCUT2D eigenvalue weighted by Gasteiger charge is 2.23. The van der Waals surface area contributed by atoms with Gasteiger partial charge in [0, 0.05) is 5.02 Å². The zero-order valence-electron chi connectivity index (χ0n) is 13.7. The molecule has 0 aliphatic carbocycles. The second-order valence-electron chi connectivity index (χ2n) is 5.58. The number of benzene rings is 2. The molecule has 0 fully saturated rings. The molecule has 2 atom stereocenters. The zero-order valence-corrected chi connectivity index (χ0v) is 15.2. The molecule has 0 unspecified atom stereocenters. The van der Waals surface area contributed by atoms with E-state index in [1.54, 1.807) is 19.1 Å². The molecule has 5 nitrogen and oxygen atoms in total. The number of amides is 1. The minimum absolute atomic E-state index is 0.0168. The maximum absolute atomic E-state index is 12.9. The molecule has 25 heavy (non-hydrogen) atoms. The number of carbonyl (C=O) groups is 1. The van der Waals surface area contributed by atoms with Gasteiger partial charge >= 0.3 is 0 Å². The fraction of sp³-hybridized carbons (Fsp3) is 0.235. The number of halogens is 2. The van der Waals surface area contributed by atoms with E-state index in [2.05, 4.69) is 10.0 Å². The Bertz CT molecular complexity index is 839. The van der Waals surface area contributed by atoms with Crippen molar-refractivity contribution in [3.05, 3.63) is 64.9 Å². The number of hydrogen-bond donors (Lipinski definition) is 2. The van der Waals surface area contributed by atoms with Crippen molar-refractivity contribution < 1.29 is 17.6 Å². The Hall–Kier alpha value is -1.96. The van der Waals surface area contributed by atoms with Gasteiger partial charge in [-0.2, -0.15) is 4.72 Å². The first kappa shape index (κ1) is 19.4. The summed E-state index contributed by atoms with van der Waals surface area (Å²) in [7, 11) is -3.85. The van der Waals surface area contributed by atoms with Gasteiger partial charge in [-0.05, 0) is 55.8 Å². The van der Waals surface area contributed by atoms with E-state index in [0.717, 1.165) is 0 Å². The van der Waals surface area contributed by atoms with E-state index < -0.39 is 28.0 Å². The topological polar surface area (TPSA) is 75.3 Å². The lowest BCUT2D eigenvalue weighted by molar-refractivity contribution is -0.123. The van der Waals surface area contributed by atoms with Crippen molar-refractivity contribution in [2.24, 2.45) is 0 Å². The molecule has 2 N–H and O–H groups in total. The van der Waals surface area contributed by atoms with E-state index in [-0.39, 0.29) is 10.7 Å². The molecule has 0 spiro atoms. The van der Waals surface area contributed by atoms with Crippen LogP contribution in [0.4, 0.5) is 4.39 Å². The minimum atomic E-state index is -3.85. The third kappa shape index (κ3) is 5.26. The molecule has 0 heterocycles. The molecule has 0 bridgehead atoms. The second-order valence-corrected chi connectivity index (χ2v) is 7.73. The molecule has 2 aromatic rings. The molecule has 0 aliphatic rings. The largest absolute Gasteiger partial charge is 0.348 e. The van der Waals surface area contributed by atoms with Crippen LogP contribution in [0.1, 0.15) is 25.5 Å². The average Bonchev–Trinajstić information content (AvgIpc) is 2.55. The van der Waals surface area contributed by atoms with Crippen LogP contribution in [0.5, 0.6) is 0 Å². The lowest BCUT2D eigenvalue weighted by Crippen LogP contribution is -2.45. The van der Waals surface area contributed by atoms with Crippen molar-refractivity contribution >= 4 is 27.5 Å². The molecule has 0 saturated carbocycles. The standard InChI is InChI=1S/C17H18ClFN2O3S/c1-11(13-3-7-15(19)8-4-13)20-17(22)12(2)21-25(23,24)16-9-5-14(18)6-10-16/h3-12,21H,1-2H3,(H,20,22)/t11-,12-/m0/s1. The fourth-order valence-electron chi connectivity index (χ4n) is 2.14. The predicted molar refractivity (Wildman–Crippen MR) is 94.2 cm³/mol. The lowest BCUT2D eigenvalue weighted by atomic mass is 10.1. The summed E-state index contributed by atoms with van der Waals surface area (Å²) in [5, 5.41) is 3.10. The Morgan fingerprint density at radius 1 is 1.04 bits per heavy atom. The number of hydrogen-bond acceptors (Lipinski definition) is 3. The van der Waals surface area contributed by atoms with Crippen LogP contribution in [-0.2, 0) is 14.8 Å². The van der Waals surface area contributed by atoms with E-state index in [9.17, 15) is 17.6 Å². The highest BCUT2D eigenvalue weighted by atomic mass is 35.5. The molecule has 0 radical (unpaired) electrons. The maximum Gasteiger partial charge on any atom is 0.241 e. The molecule has 8 heteroatoms. The monoisotopic (exact) mass is 384 g/mol. The normalized spacial score (nSPS) is 13.9. The number of carbonyl (C=O) groups excluding carboxylic acids is 1. The van der Waals surface area contributed by atoms with Gasteiger partial charge in [0.2, 0.25) is 15.9 Å². The summed E-state index contributed by atoms with van der Waals surface area (Å²) in [6, 6.07) is 9.96. The summed E-state index contributed by atoms with van der Waals surface area (Å²) in [5.41, 5.74) is 0.711. The van der Waals surface area contributed by atoms with Crippen LogP contribution >= 0.6 is 11.6 Å². The van der Waals surface area contributed by atoms with Crippen molar-refractivity contribution in [1.29, 1.82) is 0 Å². The van der Waals surface area contributed by atoms with Crippen molar-refractivity contribution in [2.45, 2.75) is 30.8 Å². The number of sulfonamides is 1. The molecule has 1 amide bonds. The molecule has 0 aliphatic heterocycles. The van der Waals surface area contributed by atoms with Gasteiger partial charge < -0.3 is 5.32 Å². The van der Waals surface area contributed by atoms with Crippen LogP contribution in [0.25, 0.3) is 0 Å². The first-order valence-electron chi connectivity index (χ1n) is 7.53. The van der Waals surface area contributed by atoms with Gasteiger partial charge in [-0.1, -0.05) is 23.7 Å². The maximum atomic E-state index is 12.9. The van der Waals surface area contributed by atoms with Gasteiger partial charge in [0.1, 0.15) is 5.82 Å². The highest BCUT2D eigenvalue weighted by molar-refractivity contribution is 7.89. The second kappa shape index (κ2) is 7.95. The average molecular weight is 385 g/mol. The minimum Gasteiger partial charge on any atom is -0.348 e. The van der Waals surface area contributed by atoms with Crippen LogP contribution in [0.3, 0.4) is 0 Å². The van der Waals surface area contributed by atoms with Gasteiger partial charge in [0.15, 0.2) is 0 Å². The molecule has 2 rings (SSSR count). The molecule has 0 aromatic heterocycles. The Kier molecular flexibility index (Phi) is 6.16. The quantitative estimate of drug-likeness (QED) is 0.803. The van der Waals surface area contributed by atoms with E-state index in [4.69, 9.17) is 11.6 Å². The van der Waals surface area contributed by atoms with E-state index >= 15 is 0 Å². The summed E-state index contributed by atoms with van der Waals surface area (Å²) in [6.45, 7) is 3.17. The van der Waals surface area contributed by atoms with Crippen LogP contribution in [0.2, 0.25) is 5.02 Å². The van der Waals surface area contributed by atoms with E-state index in [0.29, 0.717) is 10.6 Å². The van der Waals surface area contributed by atoms with E-state index in [1.807, 2.05) is 0 Å². The van der Waals surface area contributed by atoms with Crippen molar-refractivity contribution in [3.63, 3.8) is 0 Å². The number of nitrogens with one attached hydrogen (secondary N) is 2. The summed E-state index contributed by atoms with van der Waals surface area (Å²) in [5.74, 6) is -0.860. The third-order valence-corrected chi connectivity index (χ3v) is 5.39. The predicted octanol–water partition coefficient (Wildman–Crippen LogP) is 3.02. The number of rotatable bonds is 6.